The maximum absolute atomic E-state index is 14.0. The highest BCUT2D eigenvalue weighted by atomic mass is 19.4. The van der Waals surface area contributed by atoms with Crippen molar-refractivity contribution in [3.05, 3.63) is 59.8 Å². The molecule has 0 aliphatic heterocycles. The molecule has 0 fully saturated rings. The molecule has 2 N–H and O–H groups in total. The Morgan fingerprint density at radius 3 is 2.30 bits per heavy atom. The van der Waals surface area contributed by atoms with Crippen molar-refractivity contribution in [2.24, 2.45) is 0 Å². The van der Waals surface area contributed by atoms with E-state index in [1.807, 2.05) is 0 Å². The Labute approximate surface area is 153 Å². The number of amides is 2. The van der Waals surface area contributed by atoms with Gasteiger partial charge in [-0.2, -0.15) is 13.2 Å². The molecule has 0 saturated heterocycles. The summed E-state index contributed by atoms with van der Waals surface area (Å²) in [5, 5.41) is 3.96. The van der Waals surface area contributed by atoms with Crippen LogP contribution in [0.2, 0.25) is 0 Å². The quantitative estimate of drug-likeness (QED) is 0.777. The molecule has 2 aromatic rings. The Hall–Kier alpha value is -3.10. The van der Waals surface area contributed by atoms with Crippen LogP contribution in [0.3, 0.4) is 0 Å². The van der Waals surface area contributed by atoms with Crippen LogP contribution in [0.5, 0.6) is 0 Å². The fourth-order valence-corrected chi connectivity index (χ4v) is 2.45. The molecule has 0 unspecified atom stereocenters. The first-order valence-corrected chi connectivity index (χ1v) is 8.03. The number of nitrogens with zero attached hydrogens (tertiary/aromatic N) is 1. The normalized spacial score (nSPS) is 13.4. The number of carbonyl (C=O) groups excluding carboxylic acids is 2. The number of hydrogen-bond acceptors (Lipinski definition) is 4. The number of carbonyl (C=O) groups is 2. The number of aryl methyl sites for hydroxylation is 1. The number of halogens is 3. The SMILES string of the molecule is CCOC(=O)[C@@](NC(=O)Nc1cccc(C)n1)(c1ccccc1)C(F)(F)F. The molecule has 1 heterocycles. The Balaban J connectivity index is 2.45. The van der Waals surface area contributed by atoms with Crippen molar-refractivity contribution in [1.82, 2.24) is 10.3 Å². The van der Waals surface area contributed by atoms with Crippen LogP contribution in [-0.2, 0) is 15.1 Å². The molecule has 0 aliphatic carbocycles. The van der Waals surface area contributed by atoms with Crippen LogP contribution in [0.1, 0.15) is 18.2 Å². The molecular weight excluding hydrogens is 363 g/mol. The van der Waals surface area contributed by atoms with Crippen LogP contribution < -0.4 is 10.6 Å². The van der Waals surface area contributed by atoms with Crippen molar-refractivity contribution < 1.29 is 27.5 Å². The average Bonchev–Trinajstić information content (AvgIpc) is 2.59. The number of esters is 1. The summed E-state index contributed by atoms with van der Waals surface area (Å²) in [7, 11) is 0. The van der Waals surface area contributed by atoms with Gasteiger partial charge in [-0.05, 0) is 31.5 Å². The summed E-state index contributed by atoms with van der Waals surface area (Å²) in [5.41, 5.74) is -3.27. The van der Waals surface area contributed by atoms with Gasteiger partial charge in [0.15, 0.2) is 0 Å². The predicted molar refractivity (Wildman–Crippen MR) is 91.9 cm³/mol. The largest absolute Gasteiger partial charge is 0.464 e. The molecule has 2 amide bonds. The van der Waals surface area contributed by atoms with Crippen LogP contribution in [-0.4, -0.2) is 29.8 Å². The van der Waals surface area contributed by atoms with Crippen LogP contribution in [0, 0.1) is 6.92 Å². The molecule has 0 spiro atoms. The Bertz CT molecular complexity index is 812. The van der Waals surface area contributed by atoms with E-state index in [1.165, 1.54) is 31.2 Å². The molecule has 6 nitrogen and oxygen atoms in total. The standard InChI is InChI=1S/C18H18F3N3O3/c1-3-27-15(25)17(18(19,20)21,13-9-5-4-6-10-13)24-16(26)23-14-11-7-8-12(2)22-14/h4-11H,3H2,1-2H3,(H2,22,23,24,26)/t17-/m0/s1. The highest BCUT2D eigenvalue weighted by Gasteiger charge is 2.64. The fourth-order valence-electron chi connectivity index (χ4n) is 2.45. The second-order valence-electron chi connectivity index (χ2n) is 5.58. The third-order valence-corrected chi connectivity index (χ3v) is 3.64. The van der Waals surface area contributed by atoms with Gasteiger partial charge in [0, 0.05) is 5.69 Å². The number of anilines is 1. The van der Waals surface area contributed by atoms with Gasteiger partial charge >= 0.3 is 18.2 Å². The summed E-state index contributed by atoms with van der Waals surface area (Å²) in [4.78, 5) is 28.6. The van der Waals surface area contributed by atoms with E-state index in [0.717, 1.165) is 12.1 Å². The first kappa shape index (κ1) is 20.2. The van der Waals surface area contributed by atoms with Gasteiger partial charge in [-0.25, -0.2) is 14.6 Å². The van der Waals surface area contributed by atoms with Gasteiger partial charge in [0.1, 0.15) is 5.82 Å². The van der Waals surface area contributed by atoms with Gasteiger partial charge < -0.3 is 10.1 Å². The Kier molecular flexibility index (Phi) is 6.04. The number of alkyl halides is 3. The van der Waals surface area contributed by atoms with Crippen LogP contribution in [0.15, 0.2) is 48.5 Å². The highest BCUT2D eigenvalue weighted by molar-refractivity contribution is 5.95. The summed E-state index contributed by atoms with van der Waals surface area (Å²) >= 11 is 0. The molecule has 27 heavy (non-hydrogen) atoms. The lowest BCUT2D eigenvalue weighted by Gasteiger charge is -2.34. The maximum atomic E-state index is 14.0. The lowest BCUT2D eigenvalue weighted by atomic mass is 9.89. The van der Waals surface area contributed by atoms with E-state index >= 15 is 0 Å². The lowest BCUT2D eigenvalue weighted by Crippen LogP contribution is -2.62. The summed E-state index contributed by atoms with van der Waals surface area (Å²) in [6.45, 7) is 2.75. The van der Waals surface area contributed by atoms with Gasteiger partial charge in [-0.15, -0.1) is 0 Å². The molecule has 0 radical (unpaired) electrons. The summed E-state index contributed by atoms with van der Waals surface area (Å²) in [6, 6.07) is 9.74. The average molecular weight is 381 g/mol. The molecule has 144 valence electrons. The molecule has 2 rings (SSSR count). The van der Waals surface area contributed by atoms with E-state index in [9.17, 15) is 22.8 Å². The Morgan fingerprint density at radius 1 is 1.07 bits per heavy atom. The lowest BCUT2D eigenvalue weighted by molar-refractivity contribution is -0.213. The zero-order valence-electron chi connectivity index (χ0n) is 14.6. The van der Waals surface area contributed by atoms with Gasteiger partial charge in [0.05, 0.1) is 6.61 Å². The van der Waals surface area contributed by atoms with E-state index in [2.05, 4.69) is 15.0 Å². The first-order chi connectivity index (χ1) is 12.7. The van der Waals surface area contributed by atoms with Crippen molar-refractivity contribution in [3.63, 3.8) is 0 Å². The summed E-state index contributed by atoms with van der Waals surface area (Å²) in [5.74, 6) is -1.59. The summed E-state index contributed by atoms with van der Waals surface area (Å²) < 4.78 is 46.8. The topological polar surface area (TPSA) is 80.3 Å². The minimum Gasteiger partial charge on any atom is -0.464 e. The number of nitrogens with one attached hydrogen (secondary N) is 2. The van der Waals surface area contributed by atoms with E-state index in [-0.39, 0.29) is 12.4 Å². The molecule has 0 bridgehead atoms. The molecule has 1 atom stereocenters. The molecule has 1 aromatic heterocycles. The molecule has 0 saturated carbocycles. The number of rotatable bonds is 5. The third kappa shape index (κ3) is 4.36. The van der Waals surface area contributed by atoms with Crippen LogP contribution in [0.4, 0.5) is 23.8 Å². The van der Waals surface area contributed by atoms with Crippen molar-refractivity contribution in [2.75, 3.05) is 11.9 Å². The zero-order chi connectivity index (χ0) is 20.1. The fraction of sp³-hybridized carbons (Fsp3) is 0.278. The van der Waals surface area contributed by atoms with E-state index in [4.69, 9.17) is 0 Å². The number of ether oxygens (including phenoxy) is 1. The second kappa shape index (κ2) is 8.07. The van der Waals surface area contributed by atoms with Crippen molar-refractivity contribution in [3.8, 4) is 0 Å². The monoisotopic (exact) mass is 381 g/mol. The van der Waals surface area contributed by atoms with Crippen molar-refractivity contribution >= 4 is 17.8 Å². The van der Waals surface area contributed by atoms with Gasteiger partial charge in [0.25, 0.3) is 5.54 Å². The first-order valence-electron chi connectivity index (χ1n) is 8.03. The smallest absolute Gasteiger partial charge is 0.426 e. The molecule has 0 aliphatic rings. The van der Waals surface area contributed by atoms with E-state index in [1.54, 1.807) is 24.4 Å². The van der Waals surface area contributed by atoms with Crippen molar-refractivity contribution in [1.29, 1.82) is 0 Å². The number of aromatic nitrogens is 1. The van der Waals surface area contributed by atoms with Gasteiger partial charge in [-0.1, -0.05) is 36.4 Å². The number of pyridine rings is 1. The van der Waals surface area contributed by atoms with Gasteiger partial charge in [0.2, 0.25) is 0 Å². The molecule has 1 aromatic carbocycles. The second-order valence-corrected chi connectivity index (χ2v) is 5.58. The van der Waals surface area contributed by atoms with Crippen LogP contribution >= 0.6 is 0 Å². The number of urea groups is 1. The Morgan fingerprint density at radius 2 is 1.74 bits per heavy atom. The third-order valence-electron chi connectivity index (χ3n) is 3.64. The van der Waals surface area contributed by atoms with Crippen LogP contribution in [0.25, 0.3) is 0 Å². The number of benzene rings is 1. The van der Waals surface area contributed by atoms with Crippen molar-refractivity contribution in [2.45, 2.75) is 25.6 Å². The minimum absolute atomic E-state index is 0.0421. The maximum Gasteiger partial charge on any atom is 0.426 e. The highest BCUT2D eigenvalue weighted by Crippen LogP contribution is 2.40. The van der Waals surface area contributed by atoms with E-state index < -0.39 is 29.3 Å². The van der Waals surface area contributed by atoms with E-state index in [0.29, 0.717) is 5.69 Å². The zero-order valence-corrected chi connectivity index (χ0v) is 14.6. The number of hydrogen-bond donors (Lipinski definition) is 2. The predicted octanol–water partition coefficient (Wildman–Crippen LogP) is 3.53. The van der Waals surface area contributed by atoms with Gasteiger partial charge in [-0.3, -0.25) is 5.32 Å². The minimum atomic E-state index is -5.15. The molecule has 9 heteroatoms. The molecular formula is C18H18F3N3O3. The summed E-state index contributed by atoms with van der Waals surface area (Å²) in [6.07, 6.45) is -5.15.